The summed E-state index contributed by atoms with van der Waals surface area (Å²) in [6.45, 7) is 5.48. The molecule has 0 saturated carbocycles. The van der Waals surface area contributed by atoms with Crippen LogP contribution in [0.3, 0.4) is 0 Å². The number of carbonyl (C=O) groups excluding carboxylic acids is 1. The Kier molecular flexibility index (Phi) is 7.97. The summed E-state index contributed by atoms with van der Waals surface area (Å²) in [4.78, 5) is 30.2. The zero-order valence-corrected chi connectivity index (χ0v) is 23.7. The van der Waals surface area contributed by atoms with Gasteiger partial charge in [0.15, 0.2) is 23.9 Å². The molecule has 10 heteroatoms. The number of nitrogens with zero attached hydrogens (tertiary/aromatic N) is 3. The minimum absolute atomic E-state index is 0.245. The number of furan rings is 1. The number of ether oxygens (including phenoxy) is 3. The Morgan fingerprint density at radius 3 is 2.60 bits per heavy atom. The van der Waals surface area contributed by atoms with Crippen LogP contribution in [0, 0.1) is 0 Å². The monoisotopic (exact) mass is 603 g/mol. The molecule has 0 aliphatic heterocycles. The fraction of sp³-hybridized carbons (Fsp3) is 0.200. The van der Waals surface area contributed by atoms with Crippen molar-refractivity contribution in [1.82, 2.24) is 9.66 Å². The minimum Gasteiger partial charge on any atom is -0.490 e. The molecule has 0 unspecified atom stereocenters. The average molecular weight is 604 g/mol. The summed E-state index contributed by atoms with van der Waals surface area (Å²) in [6, 6.07) is 19.9. The first kappa shape index (κ1) is 27.1. The molecule has 2 heterocycles. The number of hydrogen-bond acceptors (Lipinski definition) is 8. The Labute approximate surface area is 238 Å². The van der Waals surface area contributed by atoms with Crippen molar-refractivity contribution in [2.75, 3.05) is 13.2 Å². The van der Waals surface area contributed by atoms with Gasteiger partial charge in [-0.05, 0) is 73.1 Å². The third-order valence-electron chi connectivity index (χ3n) is 5.79. The van der Waals surface area contributed by atoms with Gasteiger partial charge in [0.25, 0.3) is 5.56 Å². The van der Waals surface area contributed by atoms with Gasteiger partial charge in [-0.2, -0.15) is 9.78 Å². The van der Waals surface area contributed by atoms with Crippen LogP contribution in [0.4, 0.5) is 0 Å². The van der Waals surface area contributed by atoms with Gasteiger partial charge in [-0.25, -0.2) is 9.78 Å². The Balaban J connectivity index is 1.55. The molecule has 0 radical (unpaired) electrons. The number of benzene rings is 3. The molecule has 0 saturated heterocycles. The molecule has 0 aliphatic carbocycles. The summed E-state index contributed by atoms with van der Waals surface area (Å²) in [7, 11) is 0. The highest BCUT2D eigenvalue weighted by molar-refractivity contribution is 9.10. The smallest absolute Gasteiger partial charge is 0.344 e. The van der Waals surface area contributed by atoms with Crippen LogP contribution < -0.4 is 15.0 Å². The number of halogens is 1. The van der Waals surface area contributed by atoms with E-state index in [1.165, 1.54) is 10.9 Å². The zero-order chi connectivity index (χ0) is 28.2. The number of rotatable bonds is 9. The first-order valence-corrected chi connectivity index (χ1v) is 13.5. The Morgan fingerprint density at radius 1 is 1.07 bits per heavy atom. The van der Waals surface area contributed by atoms with Gasteiger partial charge >= 0.3 is 5.97 Å². The number of aromatic nitrogens is 2. The molecule has 40 heavy (non-hydrogen) atoms. The lowest BCUT2D eigenvalue weighted by molar-refractivity contribution is -0.149. The van der Waals surface area contributed by atoms with E-state index in [0.29, 0.717) is 50.4 Å². The van der Waals surface area contributed by atoms with Crippen LogP contribution in [0.15, 0.2) is 85.5 Å². The Morgan fingerprint density at radius 2 is 1.82 bits per heavy atom. The van der Waals surface area contributed by atoms with Crippen molar-refractivity contribution in [3.63, 3.8) is 0 Å². The van der Waals surface area contributed by atoms with E-state index < -0.39 is 5.97 Å². The fourth-order valence-corrected chi connectivity index (χ4v) is 4.49. The molecule has 0 aliphatic rings. The molecule has 0 atom stereocenters. The molecule has 5 rings (SSSR count). The van der Waals surface area contributed by atoms with Crippen molar-refractivity contribution in [2.45, 2.75) is 26.9 Å². The van der Waals surface area contributed by atoms with Crippen LogP contribution in [0.25, 0.3) is 33.5 Å². The van der Waals surface area contributed by atoms with Crippen LogP contribution >= 0.6 is 15.9 Å². The quantitative estimate of drug-likeness (QED) is 0.146. The molecule has 9 nitrogen and oxygen atoms in total. The number of hydrogen-bond donors (Lipinski definition) is 0. The van der Waals surface area contributed by atoms with Gasteiger partial charge in [-0.15, -0.1) is 0 Å². The van der Waals surface area contributed by atoms with Crippen LogP contribution in [0.1, 0.15) is 26.3 Å². The molecule has 0 amide bonds. The maximum atomic E-state index is 13.6. The van der Waals surface area contributed by atoms with Crippen molar-refractivity contribution < 1.29 is 23.4 Å². The van der Waals surface area contributed by atoms with E-state index >= 15 is 0 Å². The van der Waals surface area contributed by atoms with Gasteiger partial charge in [0.05, 0.1) is 29.8 Å². The molecular weight excluding hydrogens is 578 g/mol. The van der Waals surface area contributed by atoms with E-state index in [1.54, 1.807) is 44.2 Å². The standard InChI is InChI=1S/C30H26BrN3O6/c1-4-37-25-14-20(22(31)15-26(25)38-17-28(35)39-18(2)3)16-32-34-29(27-13-19-9-5-8-12-24(19)40-27)33-23-11-7-6-10-21(23)30(34)36/h5-16,18H,4,17H2,1-3H3. The van der Waals surface area contributed by atoms with Crippen molar-refractivity contribution >= 4 is 50.0 Å². The maximum absolute atomic E-state index is 13.6. The second-order valence-electron chi connectivity index (χ2n) is 9.04. The minimum atomic E-state index is -0.486. The summed E-state index contributed by atoms with van der Waals surface area (Å²) in [5.74, 6) is 0.957. The number of carbonyl (C=O) groups is 1. The molecule has 2 aromatic heterocycles. The molecule has 0 fully saturated rings. The number of para-hydroxylation sites is 2. The highest BCUT2D eigenvalue weighted by atomic mass is 79.9. The summed E-state index contributed by atoms with van der Waals surface area (Å²) in [6.07, 6.45) is 1.28. The summed E-state index contributed by atoms with van der Waals surface area (Å²) in [5.41, 5.74) is 1.47. The van der Waals surface area contributed by atoms with E-state index in [4.69, 9.17) is 23.6 Å². The summed E-state index contributed by atoms with van der Waals surface area (Å²) in [5, 5.41) is 5.83. The number of fused-ring (bicyclic) bond motifs is 2. The normalized spacial score (nSPS) is 11.5. The van der Waals surface area contributed by atoms with E-state index in [2.05, 4.69) is 21.0 Å². The highest BCUT2D eigenvalue weighted by Crippen LogP contribution is 2.33. The van der Waals surface area contributed by atoms with Crippen molar-refractivity contribution in [3.05, 3.63) is 87.1 Å². The first-order chi connectivity index (χ1) is 19.3. The molecule has 3 aromatic carbocycles. The van der Waals surface area contributed by atoms with E-state index in [1.807, 2.05) is 43.3 Å². The summed E-state index contributed by atoms with van der Waals surface area (Å²) < 4.78 is 24.4. The molecule has 204 valence electrons. The maximum Gasteiger partial charge on any atom is 0.344 e. The number of esters is 1. The van der Waals surface area contributed by atoms with Crippen LogP contribution in [0.5, 0.6) is 11.5 Å². The van der Waals surface area contributed by atoms with E-state index in [9.17, 15) is 9.59 Å². The third kappa shape index (κ3) is 5.76. The predicted molar refractivity (Wildman–Crippen MR) is 156 cm³/mol. The van der Waals surface area contributed by atoms with E-state index in [0.717, 1.165) is 5.39 Å². The average Bonchev–Trinajstić information content (AvgIpc) is 3.37. The lowest BCUT2D eigenvalue weighted by Crippen LogP contribution is -2.20. The Bertz CT molecular complexity index is 1760. The molecule has 0 N–H and O–H groups in total. The molecule has 5 aromatic rings. The van der Waals surface area contributed by atoms with Crippen LogP contribution in [-0.2, 0) is 9.53 Å². The lowest BCUT2D eigenvalue weighted by atomic mass is 10.2. The molecular formula is C30H26BrN3O6. The second kappa shape index (κ2) is 11.7. The molecule has 0 bridgehead atoms. The van der Waals surface area contributed by atoms with Gasteiger partial charge in [-0.1, -0.05) is 30.3 Å². The van der Waals surface area contributed by atoms with Crippen molar-refractivity contribution in [2.24, 2.45) is 5.10 Å². The van der Waals surface area contributed by atoms with Gasteiger partial charge in [0.2, 0.25) is 5.82 Å². The van der Waals surface area contributed by atoms with Gasteiger partial charge in [0.1, 0.15) is 5.58 Å². The van der Waals surface area contributed by atoms with Gasteiger partial charge in [-0.3, -0.25) is 4.79 Å². The Hall–Kier alpha value is -4.44. The highest BCUT2D eigenvalue weighted by Gasteiger charge is 2.17. The third-order valence-corrected chi connectivity index (χ3v) is 6.47. The zero-order valence-electron chi connectivity index (χ0n) is 22.1. The lowest BCUT2D eigenvalue weighted by Gasteiger charge is -2.14. The van der Waals surface area contributed by atoms with Crippen LogP contribution in [0.2, 0.25) is 0 Å². The largest absolute Gasteiger partial charge is 0.490 e. The molecule has 0 spiro atoms. The second-order valence-corrected chi connectivity index (χ2v) is 9.90. The van der Waals surface area contributed by atoms with Gasteiger partial charge in [0, 0.05) is 15.4 Å². The predicted octanol–water partition coefficient (Wildman–Crippen LogP) is 6.18. The van der Waals surface area contributed by atoms with Crippen molar-refractivity contribution in [3.8, 4) is 23.1 Å². The SMILES string of the molecule is CCOc1cc(C=Nn2c(-c3cc4ccccc4o3)nc3ccccc3c2=O)c(Br)cc1OCC(=O)OC(C)C. The summed E-state index contributed by atoms with van der Waals surface area (Å²) >= 11 is 3.53. The van der Waals surface area contributed by atoms with Crippen LogP contribution in [-0.4, -0.2) is 41.2 Å². The fourth-order valence-electron chi connectivity index (χ4n) is 4.07. The van der Waals surface area contributed by atoms with Crippen molar-refractivity contribution in [1.29, 1.82) is 0 Å². The van der Waals surface area contributed by atoms with Gasteiger partial charge < -0.3 is 18.6 Å². The van der Waals surface area contributed by atoms with E-state index in [-0.39, 0.29) is 24.1 Å². The topological polar surface area (TPSA) is 105 Å². The first-order valence-electron chi connectivity index (χ1n) is 12.7.